The summed E-state index contributed by atoms with van der Waals surface area (Å²) < 4.78 is 4.87. The number of hydrogen-bond acceptors (Lipinski definition) is 4. The lowest BCUT2D eigenvalue weighted by Gasteiger charge is -2.19. The number of halogens is 1. The Balaban J connectivity index is 3.88. The molecule has 7 heteroatoms. The first kappa shape index (κ1) is 17.6. The minimum Gasteiger partial charge on any atom is -0.477 e. The highest BCUT2D eigenvalue weighted by Crippen LogP contribution is 2.08. The van der Waals surface area contributed by atoms with Gasteiger partial charge in [-0.15, -0.1) is 0 Å². The van der Waals surface area contributed by atoms with Gasteiger partial charge in [0.15, 0.2) is 0 Å². The van der Waals surface area contributed by atoms with Crippen molar-refractivity contribution in [2.75, 3.05) is 6.54 Å². The Bertz CT molecular complexity index is 384. The zero-order chi connectivity index (χ0) is 15.1. The molecule has 0 heterocycles. The maximum atomic E-state index is 11.3. The van der Waals surface area contributed by atoms with Gasteiger partial charge in [-0.05, 0) is 43.1 Å². The van der Waals surface area contributed by atoms with Crippen LogP contribution in [0.3, 0.4) is 0 Å². The van der Waals surface area contributed by atoms with Crippen molar-refractivity contribution in [1.82, 2.24) is 5.32 Å². The molecule has 0 unspecified atom stereocenters. The molecule has 0 bridgehead atoms. The van der Waals surface area contributed by atoms with Crippen LogP contribution in [0, 0.1) is 0 Å². The van der Waals surface area contributed by atoms with Crippen LogP contribution in [-0.2, 0) is 19.1 Å². The van der Waals surface area contributed by atoms with E-state index < -0.39 is 17.5 Å². The van der Waals surface area contributed by atoms with Crippen LogP contribution in [0.15, 0.2) is 10.6 Å². The second-order valence-corrected chi connectivity index (χ2v) is 5.63. The van der Waals surface area contributed by atoms with E-state index in [-0.39, 0.29) is 23.4 Å². The standard InChI is InChI=1S/C12H18BrNO5/c1-12(2,3)19-10(16)5-4-6-14-9(15)7-8(13)11(17)18/h7H,4-6H2,1-3H3,(H,14,15)(H,17,18)/b8-7+. The van der Waals surface area contributed by atoms with Crippen molar-refractivity contribution < 1.29 is 24.2 Å². The van der Waals surface area contributed by atoms with E-state index in [0.29, 0.717) is 6.42 Å². The summed E-state index contributed by atoms with van der Waals surface area (Å²) in [6.45, 7) is 5.61. The molecule has 1 amide bonds. The number of carboxylic acids is 1. The topological polar surface area (TPSA) is 92.7 Å². The molecule has 108 valence electrons. The largest absolute Gasteiger partial charge is 0.477 e. The Kier molecular flexibility index (Phi) is 7.36. The molecule has 0 atom stereocenters. The molecule has 0 aliphatic heterocycles. The fourth-order valence-corrected chi connectivity index (χ4v) is 1.27. The van der Waals surface area contributed by atoms with Crippen LogP contribution in [-0.4, -0.2) is 35.1 Å². The average molecular weight is 336 g/mol. The van der Waals surface area contributed by atoms with Crippen LogP contribution in [0.5, 0.6) is 0 Å². The molecule has 0 rings (SSSR count). The maximum Gasteiger partial charge on any atom is 0.342 e. The van der Waals surface area contributed by atoms with Gasteiger partial charge < -0.3 is 15.2 Å². The van der Waals surface area contributed by atoms with Crippen LogP contribution < -0.4 is 5.32 Å². The van der Waals surface area contributed by atoms with Gasteiger partial charge in [0.05, 0.1) is 0 Å². The summed E-state index contributed by atoms with van der Waals surface area (Å²) in [4.78, 5) is 33.0. The third-order valence-corrected chi connectivity index (χ3v) is 2.31. The number of aliphatic carboxylic acids is 1. The van der Waals surface area contributed by atoms with E-state index in [0.717, 1.165) is 6.08 Å². The van der Waals surface area contributed by atoms with Gasteiger partial charge in [-0.3, -0.25) is 9.59 Å². The lowest BCUT2D eigenvalue weighted by Crippen LogP contribution is -2.26. The quantitative estimate of drug-likeness (QED) is 0.436. The molecular formula is C12H18BrNO5. The summed E-state index contributed by atoms with van der Waals surface area (Å²) in [5, 5.41) is 11.0. The van der Waals surface area contributed by atoms with Crippen LogP contribution in [0.2, 0.25) is 0 Å². The Morgan fingerprint density at radius 2 is 1.89 bits per heavy atom. The predicted octanol–water partition coefficient (Wildman–Crippen LogP) is 1.59. The van der Waals surface area contributed by atoms with Crippen LogP contribution in [0.25, 0.3) is 0 Å². The second kappa shape index (κ2) is 7.93. The SMILES string of the molecule is CC(C)(C)OC(=O)CCCNC(=O)/C=C(/Br)C(=O)O. The lowest BCUT2D eigenvalue weighted by molar-refractivity contribution is -0.155. The molecule has 2 N–H and O–H groups in total. The highest BCUT2D eigenvalue weighted by atomic mass is 79.9. The first-order valence-corrected chi connectivity index (χ1v) is 6.51. The van der Waals surface area contributed by atoms with Crippen molar-refractivity contribution in [2.45, 2.75) is 39.2 Å². The monoisotopic (exact) mass is 335 g/mol. The summed E-state index contributed by atoms with van der Waals surface area (Å²) in [7, 11) is 0. The Labute approximate surface area is 120 Å². The maximum absolute atomic E-state index is 11.3. The molecule has 19 heavy (non-hydrogen) atoms. The zero-order valence-corrected chi connectivity index (χ0v) is 12.7. The molecule has 6 nitrogen and oxygen atoms in total. The first-order valence-electron chi connectivity index (χ1n) is 5.72. The molecule has 0 aromatic rings. The molecule has 0 fully saturated rings. The Hall–Kier alpha value is -1.37. The van der Waals surface area contributed by atoms with E-state index in [1.165, 1.54) is 0 Å². The van der Waals surface area contributed by atoms with Gasteiger partial charge in [0.1, 0.15) is 10.1 Å². The fraction of sp³-hybridized carbons (Fsp3) is 0.583. The molecule has 0 spiro atoms. The number of amides is 1. The van der Waals surface area contributed by atoms with Gasteiger partial charge in [-0.25, -0.2) is 4.79 Å². The van der Waals surface area contributed by atoms with E-state index >= 15 is 0 Å². The van der Waals surface area contributed by atoms with Crippen LogP contribution in [0.1, 0.15) is 33.6 Å². The highest BCUT2D eigenvalue weighted by molar-refractivity contribution is 9.12. The number of hydrogen-bond donors (Lipinski definition) is 2. The van der Waals surface area contributed by atoms with Crippen molar-refractivity contribution in [3.8, 4) is 0 Å². The summed E-state index contributed by atoms with van der Waals surface area (Å²) >= 11 is 2.73. The molecule has 0 aromatic heterocycles. The highest BCUT2D eigenvalue weighted by Gasteiger charge is 2.15. The van der Waals surface area contributed by atoms with Crippen molar-refractivity contribution in [3.63, 3.8) is 0 Å². The number of nitrogens with one attached hydrogen (secondary N) is 1. The molecule has 0 radical (unpaired) electrons. The number of rotatable bonds is 6. The van der Waals surface area contributed by atoms with Gasteiger partial charge in [-0.2, -0.15) is 0 Å². The van der Waals surface area contributed by atoms with Gasteiger partial charge >= 0.3 is 11.9 Å². The Morgan fingerprint density at radius 3 is 2.37 bits per heavy atom. The third kappa shape index (κ3) is 10.3. The van der Waals surface area contributed by atoms with Gasteiger partial charge in [-0.1, -0.05) is 0 Å². The molecular weight excluding hydrogens is 318 g/mol. The van der Waals surface area contributed by atoms with E-state index in [1.807, 2.05) is 0 Å². The summed E-state index contributed by atoms with van der Waals surface area (Å²) in [6, 6.07) is 0. The summed E-state index contributed by atoms with van der Waals surface area (Å²) in [6.07, 6.45) is 1.55. The minimum atomic E-state index is -1.22. The zero-order valence-electron chi connectivity index (χ0n) is 11.2. The van der Waals surface area contributed by atoms with E-state index in [1.54, 1.807) is 20.8 Å². The smallest absolute Gasteiger partial charge is 0.342 e. The van der Waals surface area contributed by atoms with Gasteiger partial charge in [0.25, 0.3) is 0 Å². The van der Waals surface area contributed by atoms with Crippen LogP contribution in [0.4, 0.5) is 0 Å². The fourth-order valence-electron chi connectivity index (χ4n) is 1.06. The molecule has 0 saturated heterocycles. The number of carbonyl (C=O) groups excluding carboxylic acids is 2. The second-order valence-electron chi connectivity index (χ2n) is 4.78. The van der Waals surface area contributed by atoms with Crippen molar-refractivity contribution in [1.29, 1.82) is 0 Å². The van der Waals surface area contributed by atoms with Gasteiger partial charge in [0, 0.05) is 19.0 Å². The normalized spacial score (nSPS) is 11.9. The molecule has 0 saturated carbocycles. The molecule has 0 aromatic carbocycles. The average Bonchev–Trinajstić information content (AvgIpc) is 2.21. The van der Waals surface area contributed by atoms with E-state index in [4.69, 9.17) is 9.84 Å². The van der Waals surface area contributed by atoms with Crippen molar-refractivity contribution in [2.24, 2.45) is 0 Å². The third-order valence-electron chi connectivity index (χ3n) is 1.74. The van der Waals surface area contributed by atoms with E-state index in [2.05, 4.69) is 21.2 Å². The molecule has 0 aliphatic rings. The summed E-state index contributed by atoms with van der Waals surface area (Å²) in [5.41, 5.74) is -0.518. The number of carbonyl (C=O) groups is 3. The number of ether oxygens (including phenoxy) is 1. The first-order chi connectivity index (χ1) is 8.61. The predicted molar refractivity (Wildman–Crippen MR) is 72.7 cm³/mol. The lowest BCUT2D eigenvalue weighted by atomic mass is 10.2. The summed E-state index contributed by atoms with van der Waals surface area (Å²) in [5.74, 6) is -2.08. The van der Waals surface area contributed by atoms with Gasteiger partial charge in [0.2, 0.25) is 5.91 Å². The number of esters is 1. The van der Waals surface area contributed by atoms with Crippen molar-refractivity contribution in [3.05, 3.63) is 10.6 Å². The van der Waals surface area contributed by atoms with Crippen LogP contribution >= 0.6 is 15.9 Å². The van der Waals surface area contributed by atoms with E-state index in [9.17, 15) is 14.4 Å². The minimum absolute atomic E-state index is 0.196. The van der Waals surface area contributed by atoms with Crippen molar-refractivity contribution >= 4 is 33.8 Å². The Morgan fingerprint density at radius 1 is 1.32 bits per heavy atom. The number of carboxylic acid groups (broad SMARTS) is 1. The molecule has 0 aliphatic carbocycles.